The average molecular weight is 443 g/mol. The number of rotatable bonds is 9. The standard InChI is InChI=1S/C25H24N4O4/c1-3-16(2)32-22-10-9-17(14-18(22)15-26)25-27-24(28-33-25)20-6-4-7-21-19(20)11-13-29(21)12-5-8-23(30)31/h4,6-7,9-11,13-14,16H,3,5,8,12H2,1-2H3,(H,30,31)/p-1/t16-/m1/s1. The molecule has 168 valence electrons. The molecule has 0 aliphatic heterocycles. The largest absolute Gasteiger partial charge is 0.550 e. The predicted molar refractivity (Wildman–Crippen MR) is 120 cm³/mol. The van der Waals surface area contributed by atoms with Crippen LogP contribution in [0.25, 0.3) is 33.7 Å². The van der Waals surface area contributed by atoms with Gasteiger partial charge in [-0.3, -0.25) is 0 Å². The summed E-state index contributed by atoms with van der Waals surface area (Å²) in [7, 11) is 0. The fourth-order valence-electron chi connectivity index (χ4n) is 3.61. The van der Waals surface area contributed by atoms with E-state index in [2.05, 4.69) is 16.2 Å². The van der Waals surface area contributed by atoms with E-state index in [1.807, 2.05) is 48.9 Å². The Morgan fingerprint density at radius 2 is 2.15 bits per heavy atom. The first-order valence-electron chi connectivity index (χ1n) is 10.8. The SMILES string of the molecule is CC[C@@H](C)Oc1ccc(-c2nc(-c3cccc4c3ccn4CCCC(=O)[O-])no2)cc1C#N. The minimum Gasteiger partial charge on any atom is -0.550 e. The Labute approximate surface area is 191 Å². The van der Waals surface area contributed by atoms with Crippen molar-refractivity contribution < 1.29 is 19.2 Å². The third-order valence-corrected chi connectivity index (χ3v) is 5.51. The average Bonchev–Trinajstić information content (AvgIpc) is 3.47. The van der Waals surface area contributed by atoms with Crippen molar-refractivity contribution in [3.05, 3.63) is 54.2 Å². The number of aliphatic carboxylic acids is 1. The van der Waals surface area contributed by atoms with Crippen LogP contribution in [-0.2, 0) is 11.3 Å². The van der Waals surface area contributed by atoms with E-state index in [-0.39, 0.29) is 12.5 Å². The van der Waals surface area contributed by atoms with E-state index in [1.165, 1.54) is 0 Å². The summed E-state index contributed by atoms with van der Waals surface area (Å²) in [5.74, 6) is 0.217. The molecule has 0 aliphatic rings. The van der Waals surface area contributed by atoms with E-state index in [4.69, 9.17) is 9.26 Å². The molecule has 2 aromatic heterocycles. The summed E-state index contributed by atoms with van der Waals surface area (Å²) in [5, 5.41) is 25.3. The van der Waals surface area contributed by atoms with Crippen molar-refractivity contribution in [2.45, 2.75) is 45.8 Å². The van der Waals surface area contributed by atoms with E-state index in [1.54, 1.807) is 18.2 Å². The molecular formula is C25H23N4O4-. The number of hydrogen-bond donors (Lipinski definition) is 0. The second kappa shape index (κ2) is 9.57. The Morgan fingerprint density at radius 3 is 2.91 bits per heavy atom. The molecule has 2 aromatic carbocycles. The van der Waals surface area contributed by atoms with Crippen LogP contribution in [0.3, 0.4) is 0 Å². The van der Waals surface area contributed by atoms with E-state index >= 15 is 0 Å². The number of hydrogen-bond acceptors (Lipinski definition) is 7. The molecule has 8 nitrogen and oxygen atoms in total. The van der Waals surface area contributed by atoms with Gasteiger partial charge in [0.1, 0.15) is 11.8 Å². The van der Waals surface area contributed by atoms with Gasteiger partial charge in [0.2, 0.25) is 5.82 Å². The molecule has 8 heteroatoms. The van der Waals surface area contributed by atoms with Crippen molar-refractivity contribution in [3.63, 3.8) is 0 Å². The monoisotopic (exact) mass is 443 g/mol. The van der Waals surface area contributed by atoms with Crippen LogP contribution in [-0.4, -0.2) is 26.8 Å². The number of aromatic nitrogens is 3. The number of carboxylic acids is 1. The van der Waals surface area contributed by atoms with Crippen molar-refractivity contribution in [1.29, 1.82) is 5.26 Å². The molecule has 0 saturated heterocycles. The summed E-state index contributed by atoms with van der Waals surface area (Å²) in [6.07, 6.45) is 3.26. The normalized spacial score (nSPS) is 11.9. The van der Waals surface area contributed by atoms with Gasteiger partial charge >= 0.3 is 0 Å². The Hall–Kier alpha value is -4.12. The first-order chi connectivity index (χ1) is 16.0. The molecule has 0 bridgehead atoms. The van der Waals surface area contributed by atoms with Crippen molar-refractivity contribution in [2.24, 2.45) is 0 Å². The Bertz CT molecular complexity index is 1330. The first-order valence-corrected chi connectivity index (χ1v) is 10.8. The lowest BCUT2D eigenvalue weighted by Crippen LogP contribution is -2.22. The molecule has 1 atom stereocenters. The lowest BCUT2D eigenvalue weighted by molar-refractivity contribution is -0.305. The van der Waals surface area contributed by atoms with Gasteiger partial charge < -0.3 is 23.7 Å². The molecule has 0 radical (unpaired) electrons. The van der Waals surface area contributed by atoms with Crippen LogP contribution in [0.5, 0.6) is 5.75 Å². The van der Waals surface area contributed by atoms with E-state index in [0.29, 0.717) is 41.6 Å². The maximum absolute atomic E-state index is 10.7. The maximum Gasteiger partial charge on any atom is 0.258 e. The predicted octanol–water partition coefficient (Wildman–Crippen LogP) is 3.94. The quantitative estimate of drug-likeness (QED) is 0.384. The van der Waals surface area contributed by atoms with Gasteiger partial charge in [0.05, 0.1) is 11.7 Å². The van der Waals surface area contributed by atoms with Crippen LogP contribution in [0.1, 0.15) is 38.7 Å². The molecule has 0 unspecified atom stereocenters. The first kappa shape index (κ1) is 22.1. The topological polar surface area (TPSA) is 117 Å². The van der Waals surface area contributed by atoms with Gasteiger partial charge in [-0.1, -0.05) is 24.2 Å². The van der Waals surface area contributed by atoms with Crippen molar-refractivity contribution in [2.75, 3.05) is 0 Å². The van der Waals surface area contributed by atoms with E-state index in [9.17, 15) is 15.2 Å². The molecule has 0 spiro atoms. The number of carbonyl (C=O) groups is 1. The molecule has 0 N–H and O–H groups in total. The molecule has 0 saturated carbocycles. The third-order valence-electron chi connectivity index (χ3n) is 5.51. The number of nitrogens with zero attached hydrogens (tertiary/aromatic N) is 4. The third kappa shape index (κ3) is 4.72. The Balaban J connectivity index is 1.62. The molecule has 0 amide bonds. The Morgan fingerprint density at radius 1 is 1.30 bits per heavy atom. The van der Waals surface area contributed by atoms with Crippen molar-refractivity contribution in [3.8, 4) is 34.7 Å². The van der Waals surface area contributed by atoms with Gasteiger partial charge in [-0.2, -0.15) is 10.2 Å². The number of carbonyl (C=O) groups excluding carboxylic acids is 1. The Kier molecular flexibility index (Phi) is 6.41. The lowest BCUT2D eigenvalue weighted by atomic mass is 10.1. The smallest absolute Gasteiger partial charge is 0.258 e. The molecule has 2 heterocycles. The van der Waals surface area contributed by atoms with Crippen LogP contribution in [0.2, 0.25) is 0 Å². The van der Waals surface area contributed by atoms with Gasteiger partial charge in [-0.05, 0) is 56.5 Å². The molecule has 4 aromatic rings. The summed E-state index contributed by atoms with van der Waals surface area (Å²) in [5.41, 5.74) is 2.80. The number of fused-ring (bicyclic) bond motifs is 1. The van der Waals surface area contributed by atoms with Crippen molar-refractivity contribution >= 4 is 16.9 Å². The summed E-state index contributed by atoms with van der Waals surface area (Å²) in [4.78, 5) is 15.3. The summed E-state index contributed by atoms with van der Waals surface area (Å²) >= 11 is 0. The van der Waals surface area contributed by atoms with Gasteiger partial charge in [0, 0.05) is 40.7 Å². The van der Waals surface area contributed by atoms with Gasteiger partial charge in [0.15, 0.2) is 0 Å². The van der Waals surface area contributed by atoms with Crippen LogP contribution in [0, 0.1) is 11.3 Å². The van der Waals surface area contributed by atoms with Crippen LogP contribution in [0.15, 0.2) is 53.2 Å². The zero-order valence-electron chi connectivity index (χ0n) is 18.4. The van der Waals surface area contributed by atoms with Gasteiger partial charge in [0.25, 0.3) is 5.89 Å². The van der Waals surface area contributed by atoms with Gasteiger partial charge in [-0.15, -0.1) is 0 Å². The van der Waals surface area contributed by atoms with Gasteiger partial charge in [-0.25, -0.2) is 0 Å². The fourth-order valence-corrected chi connectivity index (χ4v) is 3.61. The highest BCUT2D eigenvalue weighted by atomic mass is 16.5. The zero-order valence-corrected chi connectivity index (χ0v) is 18.4. The number of nitriles is 1. The maximum atomic E-state index is 10.7. The van der Waals surface area contributed by atoms with E-state index < -0.39 is 5.97 Å². The second-order valence-corrected chi connectivity index (χ2v) is 7.81. The highest BCUT2D eigenvalue weighted by Crippen LogP contribution is 2.31. The van der Waals surface area contributed by atoms with Crippen LogP contribution >= 0.6 is 0 Å². The highest BCUT2D eigenvalue weighted by molar-refractivity contribution is 5.94. The number of benzene rings is 2. The zero-order chi connectivity index (χ0) is 23.4. The molecule has 0 fully saturated rings. The van der Waals surface area contributed by atoms with Crippen LogP contribution < -0.4 is 9.84 Å². The minimum absolute atomic E-state index is 0.00606. The van der Waals surface area contributed by atoms with Crippen molar-refractivity contribution in [1.82, 2.24) is 14.7 Å². The molecule has 0 aliphatic carbocycles. The lowest BCUT2D eigenvalue weighted by Gasteiger charge is -2.13. The number of carboxylic acid groups (broad SMARTS) is 1. The fraction of sp³-hybridized carbons (Fsp3) is 0.280. The molecular weight excluding hydrogens is 420 g/mol. The summed E-state index contributed by atoms with van der Waals surface area (Å²) < 4.78 is 13.3. The second-order valence-electron chi connectivity index (χ2n) is 7.81. The minimum atomic E-state index is -1.05. The van der Waals surface area contributed by atoms with Crippen LogP contribution in [0.4, 0.5) is 0 Å². The number of aryl methyl sites for hydroxylation is 1. The summed E-state index contributed by atoms with van der Waals surface area (Å²) in [6.45, 7) is 4.55. The summed E-state index contributed by atoms with van der Waals surface area (Å²) in [6, 6.07) is 15.1. The molecule has 4 rings (SSSR count). The van der Waals surface area contributed by atoms with E-state index in [0.717, 1.165) is 22.9 Å². The highest BCUT2D eigenvalue weighted by Gasteiger charge is 2.16. The number of ether oxygens (including phenoxy) is 1. The molecule has 33 heavy (non-hydrogen) atoms.